The second-order valence-corrected chi connectivity index (χ2v) is 7.25. The molecule has 1 fully saturated rings. The number of nitrogens with zero attached hydrogens (tertiary/aromatic N) is 3. The number of hydrazine groups is 1. The van der Waals surface area contributed by atoms with Crippen LogP contribution in [-0.2, 0) is 9.53 Å². The summed E-state index contributed by atoms with van der Waals surface area (Å²) in [5, 5.41) is 3.98. The number of carbonyl (C=O) groups is 1. The highest BCUT2D eigenvalue weighted by Crippen LogP contribution is 2.27. The zero-order valence-electron chi connectivity index (χ0n) is 16.2. The van der Waals surface area contributed by atoms with Crippen LogP contribution in [0.2, 0.25) is 10.0 Å². The van der Waals surface area contributed by atoms with E-state index in [-0.39, 0.29) is 12.4 Å². The van der Waals surface area contributed by atoms with Crippen molar-refractivity contribution < 1.29 is 14.3 Å². The number of nitrogens with two attached hydrogens (primary N) is 1. The molecule has 1 saturated heterocycles. The van der Waals surface area contributed by atoms with Crippen LogP contribution in [0.5, 0.6) is 5.75 Å². The van der Waals surface area contributed by atoms with Gasteiger partial charge in [-0.1, -0.05) is 23.2 Å². The zero-order valence-corrected chi connectivity index (χ0v) is 17.7. The fraction of sp³-hybridized carbons (Fsp3) is 0.389. The van der Waals surface area contributed by atoms with Gasteiger partial charge >= 0.3 is 0 Å². The van der Waals surface area contributed by atoms with E-state index >= 15 is 0 Å². The molecule has 1 aromatic heterocycles. The number of halogens is 2. The number of amides is 1. The van der Waals surface area contributed by atoms with E-state index in [1.165, 1.54) is 12.4 Å². The third kappa shape index (κ3) is 6.49. The van der Waals surface area contributed by atoms with Gasteiger partial charge in [0.25, 0.3) is 5.91 Å². The first-order valence-corrected chi connectivity index (χ1v) is 10.1. The van der Waals surface area contributed by atoms with Crippen LogP contribution >= 0.6 is 23.2 Å². The molecule has 0 spiro atoms. The lowest BCUT2D eigenvalue weighted by Crippen LogP contribution is -2.39. The number of anilines is 3. The first kappa shape index (κ1) is 22.2. The molecule has 0 saturated carbocycles. The molecule has 1 aliphatic rings. The van der Waals surface area contributed by atoms with Gasteiger partial charge in [-0.15, -0.1) is 0 Å². The maximum Gasteiger partial charge on any atom is 0.276 e. The molecular formula is C18H23Cl2N7O3. The Hall–Kier alpha value is -2.53. The van der Waals surface area contributed by atoms with Gasteiger partial charge < -0.3 is 20.5 Å². The number of nitrogen functional groups attached to an aromatic ring is 1. The molecule has 12 heteroatoms. The standard InChI is InChI=1S/C18H23Cl2N7O3/c19-12-1-2-14(13(20)9-12)30-10-15(28)25-26-18-16(21)17(23-11-24-18)22-3-4-27-5-7-29-8-6-27/h1-2,9,11H,3-8,10,21H2,(H,25,28)(H2,22,23,24,26). The minimum Gasteiger partial charge on any atom is -0.482 e. The van der Waals surface area contributed by atoms with Crippen LogP contribution in [0.25, 0.3) is 0 Å². The summed E-state index contributed by atoms with van der Waals surface area (Å²) in [7, 11) is 0. The SMILES string of the molecule is Nc1c(NCCN2CCOCC2)ncnc1NNC(=O)COc1ccc(Cl)cc1Cl. The van der Waals surface area contributed by atoms with Crippen LogP contribution in [-0.4, -0.2) is 66.8 Å². The lowest BCUT2D eigenvalue weighted by molar-refractivity contribution is -0.122. The molecule has 1 aromatic carbocycles. The number of carbonyl (C=O) groups excluding carboxylic acids is 1. The fourth-order valence-electron chi connectivity index (χ4n) is 2.69. The van der Waals surface area contributed by atoms with Crippen LogP contribution in [0.4, 0.5) is 17.3 Å². The first-order valence-electron chi connectivity index (χ1n) is 9.30. The van der Waals surface area contributed by atoms with Gasteiger partial charge in [0.15, 0.2) is 18.2 Å². The van der Waals surface area contributed by atoms with E-state index in [2.05, 4.69) is 31.0 Å². The summed E-state index contributed by atoms with van der Waals surface area (Å²) < 4.78 is 10.7. The van der Waals surface area contributed by atoms with E-state index < -0.39 is 5.91 Å². The number of ether oxygens (including phenoxy) is 2. The van der Waals surface area contributed by atoms with Gasteiger partial charge in [0, 0.05) is 31.2 Å². The van der Waals surface area contributed by atoms with Crippen molar-refractivity contribution in [2.24, 2.45) is 0 Å². The first-order chi connectivity index (χ1) is 14.5. The lowest BCUT2D eigenvalue weighted by atomic mass is 10.3. The van der Waals surface area contributed by atoms with E-state index in [1.54, 1.807) is 12.1 Å². The molecule has 162 valence electrons. The Balaban J connectivity index is 1.45. The van der Waals surface area contributed by atoms with Gasteiger partial charge in [-0.25, -0.2) is 9.97 Å². The zero-order chi connectivity index (χ0) is 21.3. The Morgan fingerprint density at radius 3 is 2.77 bits per heavy atom. The molecular weight excluding hydrogens is 433 g/mol. The molecule has 10 nitrogen and oxygen atoms in total. The Morgan fingerprint density at radius 2 is 2.00 bits per heavy atom. The van der Waals surface area contributed by atoms with Crippen LogP contribution < -0.4 is 26.6 Å². The van der Waals surface area contributed by atoms with Gasteiger partial charge in [-0.3, -0.25) is 20.5 Å². The largest absolute Gasteiger partial charge is 0.482 e. The van der Waals surface area contributed by atoms with Crippen LogP contribution in [0.1, 0.15) is 0 Å². The molecule has 1 aliphatic heterocycles. The average Bonchev–Trinajstić information content (AvgIpc) is 2.74. The summed E-state index contributed by atoms with van der Waals surface area (Å²) in [4.78, 5) is 22.5. The smallest absolute Gasteiger partial charge is 0.276 e. The predicted octanol–water partition coefficient (Wildman–Crippen LogP) is 1.63. The van der Waals surface area contributed by atoms with E-state index in [0.29, 0.717) is 33.8 Å². The van der Waals surface area contributed by atoms with Crippen molar-refractivity contribution in [3.8, 4) is 5.75 Å². The Kier molecular flexibility index (Phi) is 8.14. The highest BCUT2D eigenvalue weighted by Gasteiger charge is 2.12. The maximum atomic E-state index is 12.0. The Labute approximate surface area is 184 Å². The third-order valence-electron chi connectivity index (χ3n) is 4.28. The number of hydrogen-bond donors (Lipinski definition) is 4. The number of nitrogens with one attached hydrogen (secondary N) is 3. The average molecular weight is 456 g/mol. The van der Waals surface area contributed by atoms with E-state index in [1.807, 2.05) is 0 Å². The van der Waals surface area contributed by atoms with Crippen molar-refractivity contribution >= 4 is 46.4 Å². The van der Waals surface area contributed by atoms with Crippen molar-refractivity contribution in [2.45, 2.75) is 0 Å². The molecule has 0 bridgehead atoms. The maximum absolute atomic E-state index is 12.0. The Morgan fingerprint density at radius 1 is 1.23 bits per heavy atom. The van der Waals surface area contributed by atoms with Crippen molar-refractivity contribution in [3.05, 3.63) is 34.6 Å². The molecule has 2 aromatic rings. The second-order valence-electron chi connectivity index (χ2n) is 6.40. The summed E-state index contributed by atoms with van der Waals surface area (Å²) in [6.07, 6.45) is 1.35. The summed E-state index contributed by atoms with van der Waals surface area (Å²) in [5.74, 6) is 0.668. The quantitative estimate of drug-likeness (QED) is 0.417. The van der Waals surface area contributed by atoms with Crippen molar-refractivity contribution in [2.75, 3.05) is 62.5 Å². The monoisotopic (exact) mass is 455 g/mol. The number of rotatable bonds is 9. The van der Waals surface area contributed by atoms with Gasteiger partial charge in [-0.2, -0.15) is 0 Å². The van der Waals surface area contributed by atoms with Gasteiger partial charge in [0.1, 0.15) is 17.8 Å². The summed E-state index contributed by atoms with van der Waals surface area (Å²) in [6.45, 7) is 4.56. The van der Waals surface area contributed by atoms with Crippen LogP contribution in [0.3, 0.4) is 0 Å². The summed E-state index contributed by atoms with van der Waals surface area (Å²) in [5.41, 5.74) is 11.5. The van der Waals surface area contributed by atoms with E-state index in [0.717, 1.165) is 32.8 Å². The molecule has 0 radical (unpaired) electrons. The normalized spacial score (nSPS) is 14.2. The van der Waals surface area contributed by atoms with Gasteiger partial charge in [0.2, 0.25) is 0 Å². The molecule has 0 atom stereocenters. The molecule has 1 amide bonds. The van der Waals surface area contributed by atoms with Crippen LogP contribution in [0.15, 0.2) is 24.5 Å². The molecule has 2 heterocycles. The third-order valence-corrected chi connectivity index (χ3v) is 4.81. The molecule has 0 unspecified atom stereocenters. The molecule has 3 rings (SSSR count). The minimum absolute atomic E-state index is 0.260. The highest BCUT2D eigenvalue weighted by atomic mass is 35.5. The number of benzene rings is 1. The van der Waals surface area contributed by atoms with E-state index in [4.69, 9.17) is 38.4 Å². The van der Waals surface area contributed by atoms with Gasteiger partial charge in [-0.05, 0) is 18.2 Å². The minimum atomic E-state index is -0.444. The lowest BCUT2D eigenvalue weighted by Gasteiger charge is -2.26. The highest BCUT2D eigenvalue weighted by molar-refractivity contribution is 6.35. The molecule has 0 aliphatic carbocycles. The fourth-order valence-corrected chi connectivity index (χ4v) is 3.16. The molecule has 30 heavy (non-hydrogen) atoms. The van der Waals surface area contributed by atoms with Crippen molar-refractivity contribution in [1.82, 2.24) is 20.3 Å². The van der Waals surface area contributed by atoms with Crippen LogP contribution in [0, 0.1) is 0 Å². The molecule has 5 N–H and O–H groups in total. The van der Waals surface area contributed by atoms with Crippen molar-refractivity contribution in [1.29, 1.82) is 0 Å². The topological polar surface area (TPSA) is 127 Å². The summed E-state index contributed by atoms with van der Waals surface area (Å²) >= 11 is 11.8. The second kappa shape index (κ2) is 11.0. The Bertz CT molecular complexity index is 866. The number of hydrogen-bond acceptors (Lipinski definition) is 9. The van der Waals surface area contributed by atoms with E-state index in [9.17, 15) is 4.79 Å². The number of morpholine rings is 1. The predicted molar refractivity (Wildman–Crippen MR) is 116 cm³/mol. The number of aromatic nitrogens is 2. The van der Waals surface area contributed by atoms with Crippen molar-refractivity contribution in [3.63, 3.8) is 0 Å². The summed E-state index contributed by atoms with van der Waals surface area (Å²) in [6, 6.07) is 4.74. The van der Waals surface area contributed by atoms with Gasteiger partial charge in [0.05, 0.1) is 18.2 Å².